The van der Waals surface area contributed by atoms with E-state index in [1.807, 2.05) is 12.1 Å². The molecule has 3 nitrogen and oxygen atoms in total. The Morgan fingerprint density at radius 1 is 1.00 bits per heavy atom. The Bertz CT molecular complexity index is 596. The minimum atomic E-state index is 0.551. The highest BCUT2D eigenvalue weighted by Crippen LogP contribution is 2.36. The lowest BCUT2D eigenvalue weighted by Gasteiger charge is -2.13. The van der Waals surface area contributed by atoms with E-state index in [1.54, 1.807) is 14.2 Å². The smallest absolute Gasteiger partial charge is 0.179 e. The van der Waals surface area contributed by atoms with Gasteiger partial charge in [0.25, 0.3) is 0 Å². The number of methoxy groups -OCH3 is 2. The van der Waals surface area contributed by atoms with Crippen LogP contribution in [0.15, 0.2) is 36.4 Å². The number of anilines is 1. The summed E-state index contributed by atoms with van der Waals surface area (Å²) < 4.78 is 10.5. The van der Waals surface area contributed by atoms with Gasteiger partial charge in [-0.2, -0.15) is 0 Å². The molecule has 0 aromatic heterocycles. The second-order valence-electron chi connectivity index (χ2n) is 4.72. The molecule has 21 heavy (non-hydrogen) atoms. The lowest BCUT2D eigenvalue weighted by Crippen LogP contribution is -2.01. The fraction of sp³-hybridized carbons (Fsp3) is 0.294. The fourth-order valence-electron chi connectivity index (χ4n) is 2.14. The molecule has 0 saturated carbocycles. The Hall–Kier alpha value is -1.87. The lowest BCUT2D eigenvalue weighted by atomic mass is 10.1. The highest BCUT2D eigenvalue weighted by molar-refractivity contribution is 6.32. The zero-order valence-electron chi connectivity index (χ0n) is 12.6. The number of rotatable bonds is 6. The molecule has 0 heterocycles. The highest BCUT2D eigenvalue weighted by atomic mass is 35.5. The van der Waals surface area contributed by atoms with E-state index in [2.05, 4.69) is 36.5 Å². The minimum absolute atomic E-state index is 0.551. The Labute approximate surface area is 130 Å². The van der Waals surface area contributed by atoms with Crippen LogP contribution in [0.3, 0.4) is 0 Å². The average Bonchev–Trinajstić information content (AvgIpc) is 2.52. The summed E-state index contributed by atoms with van der Waals surface area (Å²) in [4.78, 5) is 0. The molecule has 0 saturated heterocycles. The Balaban J connectivity index is 2.10. The van der Waals surface area contributed by atoms with E-state index in [4.69, 9.17) is 21.1 Å². The van der Waals surface area contributed by atoms with Gasteiger partial charge >= 0.3 is 0 Å². The Kier molecular flexibility index (Phi) is 5.34. The van der Waals surface area contributed by atoms with Crippen LogP contribution in [0.4, 0.5) is 5.69 Å². The molecule has 0 fully saturated rings. The molecule has 0 aliphatic carbocycles. The monoisotopic (exact) mass is 305 g/mol. The zero-order chi connectivity index (χ0) is 15.2. The Morgan fingerprint density at radius 3 is 2.29 bits per heavy atom. The van der Waals surface area contributed by atoms with Gasteiger partial charge in [0, 0.05) is 12.2 Å². The van der Waals surface area contributed by atoms with E-state index >= 15 is 0 Å². The summed E-state index contributed by atoms with van der Waals surface area (Å²) in [5, 5.41) is 3.92. The first-order valence-corrected chi connectivity index (χ1v) is 7.29. The van der Waals surface area contributed by atoms with Gasteiger partial charge in [0.2, 0.25) is 0 Å². The third kappa shape index (κ3) is 3.82. The second kappa shape index (κ2) is 7.23. The normalized spacial score (nSPS) is 10.3. The van der Waals surface area contributed by atoms with Crippen molar-refractivity contribution in [3.05, 3.63) is 52.5 Å². The number of hydrogen-bond acceptors (Lipinski definition) is 3. The molecular formula is C17H20ClNO2. The predicted octanol–water partition coefficient (Wildman–Crippen LogP) is 4.53. The molecule has 0 spiro atoms. The molecule has 0 amide bonds. The second-order valence-corrected chi connectivity index (χ2v) is 5.12. The molecule has 2 aromatic rings. The summed E-state index contributed by atoms with van der Waals surface area (Å²) in [7, 11) is 3.19. The van der Waals surface area contributed by atoms with Crippen molar-refractivity contribution in [1.29, 1.82) is 0 Å². The van der Waals surface area contributed by atoms with Crippen LogP contribution in [0.5, 0.6) is 11.5 Å². The molecule has 4 heteroatoms. The first-order chi connectivity index (χ1) is 10.2. The summed E-state index contributed by atoms with van der Waals surface area (Å²) in [6, 6.07) is 12.2. The van der Waals surface area contributed by atoms with E-state index in [0.717, 1.165) is 17.7 Å². The number of aryl methyl sites for hydroxylation is 1. The summed E-state index contributed by atoms with van der Waals surface area (Å²) in [6.07, 6.45) is 1.05. The van der Waals surface area contributed by atoms with Crippen LogP contribution in [0.2, 0.25) is 5.02 Å². The van der Waals surface area contributed by atoms with Gasteiger partial charge in [-0.3, -0.25) is 0 Å². The lowest BCUT2D eigenvalue weighted by molar-refractivity contribution is 0.355. The molecule has 1 N–H and O–H groups in total. The number of ether oxygens (including phenoxy) is 2. The van der Waals surface area contributed by atoms with Gasteiger partial charge < -0.3 is 14.8 Å². The van der Waals surface area contributed by atoms with E-state index < -0.39 is 0 Å². The third-order valence-corrected chi connectivity index (χ3v) is 3.63. The van der Waals surface area contributed by atoms with Gasteiger partial charge in [-0.1, -0.05) is 30.7 Å². The number of halogens is 1. The van der Waals surface area contributed by atoms with Crippen molar-refractivity contribution in [1.82, 2.24) is 0 Å². The average molecular weight is 306 g/mol. The number of nitrogens with one attached hydrogen (secondary N) is 1. The fourth-order valence-corrected chi connectivity index (χ4v) is 2.45. The van der Waals surface area contributed by atoms with Crippen molar-refractivity contribution < 1.29 is 9.47 Å². The van der Waals surface area contributed by atoms with Crippen LogP contribution >= 0.6 is 11.6 Å². The summed E-state index contributed by atoms with van der Waals surface area (Å²) >= 11 is 6.20. The van der Waals surface area contributed by atoms with Crippen molar-refractivity contribution in [2.45, 2.75) is 19.9 Å². The van der Waals surface area contributed by atoms with E-state index in [9.17, 15) is 0 Å². The summed E-state index contributed by atoms with van der Waals surface area (Å²) in [6.45, 7) is 2.82. The van der Waals surface area contributed by atoms with Crippen molar-refractivity contribution in [2.24, 2.45) is 0 Å². The first kappa shape index (κ1) is 15.5. The third-order valence-electron chi connectivity index (χ3n) is 3.35. The van der Waals surface area contributed by atoms with Gasteiger partial charge in [-0.05, 0) is 41.8 Å². The van der Waals surface area contributed by atoms with Crippen molar-refractivity contribution >= 4 is 17.3 Å². The Morgan fingerprint density at radius 2 is 1.71 bits per heavy atom. The maximum atomic E-state index is 6.20. The topological polar surface area (TPSA) is 30.5 Å². The van der Waals surface area contributed by atoms with E-state index in [-0.39, 0.29) is 0 Å². The maximum absolute atomic E-state index is 6.20. The molecule has 0 atom stereocenters. The van der Waals surface area contributed by atoms with Crippen LogP contribution < -0.4 is 14.8 Å². The largest absolute Gasteiger partial charge is 0.493 e. The first-order valence-electron chi connectivity index (χ1n) is 6.91. The zero-order valence-corrected chi connectivity index (χ0v) is 13.3. The molecule has 0 bridgehead atoms. The van der Waals surface area contributed by atoms with Crippen molar-refractivity contribution in [3.63, 3.8) is 0 Å². The van der Waals surface area contributed by atoms with Crippen molar-refractivity contribution in [3.8, 4) is 11.5 Å². The molecule has 0 aliphatic rings. The standard InChI is InChI=1S/C17H20ClNO2/c1-4-12-5-7-14(8-6-12)19-11-13-9-15(18)17(21-3)16(10-13)20-2/h5-10,19H,4,11H2,1-3H3. The molecule has 0 radical (unpaired) electrons. The van der Waals surface area contributed by atoms with Crippen LogP contribution in [-0.4, -0.2) is 14.2 Å². The maximum Gasteiger partial charge on any atom is 0.179 e. The number of benzene rings is 2. The van der Waals surface area contributed by atoms with Crippen LogP contribution in [0.1, 0.15) is 18.1 Å². The highest BCUT2D eigenvalue weighted by Gasteiger charge is 2.10. The predicted molar refractivity (Wildman–Crippen MR) is 87.7 cm³/mol. The molecule has 112 valence electrons. The van der Waals surface area contributed by atoms with Crippen LogP contribution in [0, 0.1) is 0 Å². The quantitative estimate of drug-likeness (QED) is 0.850. The van der Waals surface area contributed by atoms with Gasteiger partial charge in [0.15, 0.2) is 11.5 Å². The van der Waals surface area contributed by atoms with Crippen LogP contribution in [0.25, 0.3) is 0 Å². The molecule has 0 unspecified atom stereocenters. The summed E-state index contributed by atoms with van der Waals surface area (Å²) in [5.41, 5.74) is 3.45. The van der Waals surface area contributed by atoms with Gasteiger partial charge in [-0.25, -0.2) is 0 Å². The van der Waals surface area contributed by atoms with E-state index in [1.165, 1.54) is 5.56 Å². The van der Waals surface area contributed by atoms with Gasteiger partial charge in [0.1, 0.15) is 0 Å². The van der Waals surface area contributed by atoms with Crippen molar-refractivity contribution in [2.75, 3.05) is 19.5 Å². The van der Waals surface area contributed by atoms with Gasteiger partial charge in [0.05, 0.1) is 19.2 Å². The van der Waals surface area contributed by atoms with E-state index in [0.29, 0.717) is 23.1 Å². The molecule has 0 aliphatic heterocycles. The SMILES string of the molecule is CCc1ccc(NCc2cc(Cl)c(OC)c(OC)c2)cc1. The number of hydrogen-bond donors (Lipinski definition) is 1. The molecule has 2 aromatic carbocycles. The summed E-state index contributed by atoms with van der Waals surface area (Å²) in [5.74, 6) is 1.21. The van der Waals surface area contributed by atoms with Crippen LogP contribution in [-0.2, 0) is 13.0 Å². The molecular weight excluding hydrogens is 286 g/mol. The van der Waals surface area contributed by atoms with Gasteiger partial charge in [-0.15, -0.1) is 0 Å². The molecule has 2 rings (SSSR count). The minimum Gasteiger partial charge on any atom is -0.493 e.